The highest BCUT2D eigenvalue weighted by molar-refractivity contribution is 8.00. The molecule has 0 saturated heterocycles. The number of hydrogen-bond donors (Lipinski definition) is 2. The van der Waals surface area contributed by atoms with Crippen LogP contribution in [0.4, 0.5) is 0 Å². The van der Waals surface area contributed by atoms with E-state index in [1.165, 1.54) is 0 Å². The molecule has 0 aromatic heterocycles. The van der Waals surface area contributed by atoms with Gasteiger partial charge in [-0.1, -0.05) is 36.6 Å². The fourth-order valence-electron chi connectivity index (χ4n) is 3.18. The zero-order valence-corrected chi connectivity index (χ0v) is 15.5. The topological polar surface area (TPSA) is 87.6 Å². The number of carbonyl (C=O) groups is 1. The minimum absolute atomic E-state index is 0.0976. The molecule has 6 nitrogen and oxygen atoms in total. The van der Waals surface area contributed by atoms with Crippen LogP contribution in [-0.4, -0.2) is 32.7 Å². The number of benzene rings is 1. The van der Waals surface area contributed by atoms with Crippen molar-refractivity contribution in [3.8, 4) is 0 Å². The summed E-state index contributed by atoms with van der Waals surface area (Å²) >= 11 is 5.86. The Hall–Kier alpha value is -1.86. The molecule has 1 aliphatic heterocycles. The highest BCUT2D eigenvalue weighted by atomic mass is 35.5. The molecule has 1 aliphatic carbocycles. The van der Waals surface area contributed by atoms with Crippen molar-refractivity contribution < 1.29 is 13.2 Å². The van der Waals surface area contributed by atoms with Gasteiger partial charge in [0.15, 0.2) is 0 Å². The fourth-order valence-corrected chi connectivity index (χ4v) is 4.83. The molecule has 1 aromatic rings. The number of aliphatic imine (C=N–C) groups is 1. The number of carbonyl (C=O) groups excluding carboxylic acids is 1. The summed E-state index contributed by atoms with van der Waals surface area (Å²) < 4.78 is 27.2. The Morgan fingerprint density at radius 2 is 1.92 bits per heavy atom. The van der Waals surface area contributed by atoms with Gasteiger partial charge < -0.3 is 5.32 Å². The van der Waals surface area contributed by atoms with Crippen molar-refractivity contribution in [1.29, 1.82) is 0 Å². The number of amides is 1. The Bertz CT molecular complexity index is 838. The monoisotopic (exact) mass is 381 g/mol. The fraction of sp³-hybridized carbons (Fsp3) is 0.412. The first-order valence-corrected chi connectivity index (χ1v) is 10.1. The average molecular weight is 382 g/mol. The summed E-state index contributed by atoms with van der Waals surface area (Å²) in [6, 6.07) is 6.79. The average Bonchev–Trinajstić information content (AvgIpc) is 3.13. The third-order valence-corrected chi connectivity index (χ3v) is 6.20. The molecule has 2 N–H and O–H groups in total. The first kappa shape index (κ1) is 17.9. The molecule has 0 atom stereocenters. The van der Waals surface area contributed by atoms with Gasteiger partial charge in [0.05, 0.1) is 0 Å². The lowest BCUT2D eigenvalue weighted by Gasteiger charge is -2.10. The molecule has 1 amide bonds. The smallest absolute Gasteiger partial charge is 0.264 e. The van der Waals surface area contributed by atoms with Crippen LogP contribution in [0.1, 0.15) is 38.2 Å². The molecule has 0 radical (unpaired) electrons. The second-order valence-corrected chi connectivity index (χ2v) is 8.34. The molecule has 134 valence electrons. The Labute approximate surface area is 152 Å². The standard InChI is InChI=1S/C17H20ClN3O3S/c1-11-16(12-6-8-13(18)9-7-12)25(23,24)21-17(11)19-10-15(22)20-14-4-2-3-5-14/h6-9,14H,2-5,10H2,1H3,(H,19,21)(H,20,22). The first-order valence-electron chi connectivity index (χ1n) is 8.20. The molecule has 0 spiro atoms. The highest BCUT2D eigenvalue weighted by Crippen LogP contribution is 2.30. The van der Waals surface area contributed by atoms with Gasteiger partial charge in [0.25, 0.3) is 10.0 Å². The van der Waals surface area contributed by atoms with Gasteiger partial charge >= 0.3 is 0 Å². The number of sulfonamides is 1. The first-order chi connectivity index (χ1) is 11.9. The summed E-state index contributed by atoms with van der Waals surface area (Å²) in [6.45, 7) is 1.58. The lowest BCUT2D eigenvalue weighted by Crippen LogP contribution is -2.35. The summed E-state index contributed by atoms with van der Waals surface area (Å²) in [6.07, 6.45) is 4.25. The third kappa shape index (κ3) is 4.04. The molecular formula is C17H20ClN3O3S. The van der Waals surface area contributed by atoms with Crippen LogP contribution >= 0.6 is 11.6 Å². The molecular weight excluding hydrogens is 362 g/mol. The normalized spacial score (nSPS) is 21.6. The Balaban J connectivity index is 1.78. The number of rotatable bonds is 4. The molecule has 1 aromatic carbocycles. The summed E-state index contributed by atoms with van der Waals surface area (Å²) in [5, 5.41) is 3.46. The van der Waals surface area contributed by atoms with E-state index in [1.807, 2.05) is 0 Å². The van der Waals surface area contributed by atoms with E-state index in [4.69, 9.17) is 11.6 Å². The number of amidine groups is 1. The van der Waals surface area contributed by atoms with Crippen LogP contribution in [0.5, 0.6) is 0 Å². The maximum Gasteiger partial charge on any atom is 0.264 e. The van der Waals surface area contributed by atoms with Crippen molar-refractivity contribution in [3.05, 3.63) is 40.4 Å². The summed E-state index contributed by atoms with van der Waals surface area (Å²) in [5.41, 5.74) is 1.03. The van der Waals surface area contributed by atoms with Crippen molar-refractivity contribution in [2.24, 2.45) is 4.99 Å². The van der Waals surface area contributed by atoms with Crippen molar-refractivity contribution >= 4 is 38.3 Å². The van der Waals surface area contributed by atoms with Gasteiger partial charge in [0.2, 0.25) is 5.91 Å². The molecule has 1 heterocycles. The molecule has 0 bridgehead atoms. The van der Waals surface area contributed by atoms with E-state index < -0.39 is 10.0 Å². The van der Waals surface area contributed by atoms with Crippen LogP contribution in [0.3, 0.4) is 0 Å². The van der Waals surface area contributed by atoms with Gasteiger partial charge in [-0.05, 0) is 37.5 Å². The number of halogens is 1. The van der Waals surface area contributed by atoms with Crippen molar-refractivity contribution in [2.45, 2.75) is 38.6 Å². The van der Waals surface area contributed by atoms with Gasteiger partial charge in [-0.3, -0.25) is 14.5 Å². The summed E-state index contributed by atoms with van der Waals surface area (Å²) in [4.78, 5) is 16.3. The van der Waals surface area contributed by atoms with Crippen LogP contribution in [0.15, 0.2) is 34.8 Å². The van der Waals surface area contributed by atoms with Gasteiger partial charge in [0, 0.05) is 16.6 Å². The molecule has 25 heavy (non-hydrogen) atoms. The van der Waals surface area contributed by atoms with Crippen molar-refractivity contribution in [3.63, 3.8) is 0 Å². The van der Waals surface area contributed by atoms with E-state index in [9.17, 15) is 13.2 Å². The largest absolute Gasteiger partial charge is 0.352 e. The van der Waals surface area contributed by atoms with E-state index in [-0.39, 0.29) is 29.2 Å². The number of nitrogens with one attached hydrogen (secondary N) is 2. The Morgan fingerprint density at radius 1 is 1.28 bits per heavy atom. The van der Waals surface area contributed by atoms with E-state index in [0.717, 1.165) is 25.7 Å². The minimum atomic E-state index is -3.70. The second-order valence-electron chi connectivity index (χ2n) is 6.28. The minimum Gasteiger partial charge on any atom is -0.352 e. The molecule has 2 aliphatic rings. The van der Waals surface area contributed by atoms with E-state index >= 15 is 0 Å². The molecule has 8 heteroatoms. The maximum absolute atomic E-state index is 12.4. The zero-order chi connectivity index (χ0) is 18.0. The SMILES string of the molecule is CC1=C(c2ccc(Cl)cc2)S(=O)(=O)NC1=NCC(=O)NC1CCCC1. The molecule has 1 fully saturated rings. The van der Waals surface area contributed by atoms with Gasteiger partial charge in [0.1, 0.15) is 17.3 Å². The van der Waals surface area contributed by atoms with Gasteiger partial charge in [-0.15, -0.1) is 0 Å². The lowest BCUT2D eigenvalue weighted by atomic mass is 10.1. The molecule has 0 unspecified atom stereocenters. The van der Waals surface area contributed by atoms with Crippen LogP contribution in [0.2, 0.25) is 5.02 Å². The van der Waals surface area contributed by atoms with Gasteiger partial charge in [-0.25, -0.2) is 8.42 Å². The van der Waals surface area contributed by atoms with Crippen molar-refractivity contribution in [1.82, 2.24) is 10.0 Å². The molecule has 1 saturated carbocycles. The van der Waals surface area contributed by atoms with Crippen LogP contribution in [0, 0.1) is 0 Å². The van der Waals surface area contributed by atoms with Gasteiger partial charge in [-0.2, -0.15) is 0 Å². The van der Waals surface area contributed by atoms with E-state index in [0.29, 0.717) is 16.2 Å². The van der Waals surface area contributed by atoms with Crippen molar-refractivity contribution in [2.75, 3.05) is 6.54 Å². The van der Waals surface area contributed by atoms with Crippen LogP contribution < -0.4 is 10.0 Å². The van der Waals surface area contributed by atoms with E-state index in [2.05, 4.69) is 15.0 Å². The number of hydrogen-bond acceptors (Lipinski definition) is 4. The highest BCUT2D eigenvalue weighted by Gasteiger charge is 2.32. The quantitative estimate of drug-likeness (QED) is 0.839. The number of nitrogens with zero attached hydrogens (tertiary/aromatic N) is 1. The van der Waals surface area contributed by atoms with Crippen LogP contribution in [0.25, 0.3) is 4.91 Å². The maximum atomic E-state index is 12.4. The lowest BCUT2D eigenvalue weighted by molar-refractivity contribution is -0.120. The molecule has 3 rings (SSSR count). The summed E-state index contributed by atoms with van der Waals surface area (Å²) in [7, 11) is -3.70. The predicted molar refractivity (Wildman–Crippen MR) is 98.8 cm³/mol. The predicted octanol–water partition coefficient (Wildman–Crippen LogP) is 2.46. The third-order valence-electron chi connectivity index (χ3n) is 4.40. The second kappa shape index (κ2) is 7.17. The Kier molecular flexibility index (Phi) is 5.15. The van der Waals surface area contributed by atoms with E-state index in [1.54, 1.807) is 31.2 Å². The van der Waals surface area contributed by atoms with Crippen LogP contribution in [-0.2, 0) is 14.8 Å². The summed E-state index contributed by atoms with van der Waals surface area (Å²) in [5.74, 6) is 0.0258. The Morgan fingerprint density at radius 3 is 2.56 bits per heavy atom. The zero-order valence-electron chi connectivity index (χ0n) is 13.9.